The number of hydrogen-bond acceptors (Lipinski definition) is 7. The first-order chi connectivity index (χ1) is 14.2. The molecule has 2 aromatic rings. The summed E-state index contributed by atoms with van der Waals surface area (Å²) in [6.45, 7) is 3.76. The number of phenols is 2. The number of rotatable bonds is 5. The molecule has 0 saturated heterocycles. The Bertz CT molecular complexity index is 1060. The quantitative estimate of drug-likeness (QED) is 0.647. The molecular formula is C23H22O7. The van der Waals surface area contributed by atoms with Crippen LogP contribution < -0.4 is 0 Å². The second-order valence-corrected chi connectivity index (χ2v) is 7.27. The van der Waals surface area contributed by atoms with E-state index in [0.717, 1.165) is 12.7 Å². The number of phenolic OH excluding ortho intramolecular Hbond substituents is 2. The highest BCUT2D eigenvalue weighted by molar-refractivity contribution is 6.11. The number of benzene rings is 2. The molecule has 3 rings (SSSR count). The molecule has 1 aliphatic heterocycles. The number of methoxy groups -OCH3 is 1. The van der Waals surface area contributed by atoms with Crippen molar-refractivity contribution in [1.82, 2.24) is 0 Å². The highest BCUT2D eigenvalue weighted by Gasteiger charge is 2.55. The highest BCUT2D eigenvalue weighted by atomic mass is 16.6. The van der Waals surface area contributed by atoms with E-state index >= 15 is 0 Å². The Labute approximate surface area is 173 Å². The molecule has 0 amide bonds. The molecule has 0 aliphatic carbocycles. The molecule has 7 heteroatoms. The van der Waals surface area contributed by atoms with Crippen LogP contribution in [0.3, 0.4) is 0 Å². The number of esters is 2. The third kappa shape index (κ3) is 3.74. The van der Waals surface area contributed by atoms with Gasteiger partial charge in [0.25, 0.3) is 0 Å². The summed E-state index contributed by atoms with van der Waals surface area (Å²) in [6.07, 6.45) is 1.65. The van der Waals surface area contributed by atoms with E-state index in [1.54, 1.807) is 18.2 Å². The van der Waals surface area contributed by atoms with Gasteiger partial charge in [-0.25, -0.2) is 9.59 Å². The van der Waals surface area contributed by atoms with E-state index in [1.165, 1.54) is 30.3 Å². The Morgan fingerprint density at radius 3 is 2.37 bits per heavy atom. The number of allylic oxidation sites excluding steroid dienone is 1. The molecule has 0 spiro atoms. The van der Waals surface area contributed by atoms with Crippen LogP contribution in [0.2, 0.25) is 0 Å². The molecule has 0 radical (unpaired) electrons. The molecule has 0 saturated carbocycles. The number of cyclic esters (lactones) is 1. The van der Waals surface area contributed by atoms with Gasteiger partial charge in [0.2, 0.25) is 11.4 Å². The third-order valence-electron chi connectivity index (χ3n) is 4.76. The minimum atomic E-state index is -1.92. The summed E-state index contributed by atoms with van der Waals surface area (Å²) in [6, 6.07) is 10.4. The van der Waals surface area contributed by atoms with Crippen LogP contribution in [0.25, 0.3) is 11.6 Å². The Morgan fingerprint density at radius 2 is 1.77 bits per heavy atom. The van der Waals surface area contributed by atoms with Crippen molar-refractivity contribution in [2.75, 3.05) is 7.11 Å². The number of hydrogen-bond donors (Lipinski definition) is 3. The molecule has 7 nitrogen and oxygen atoms in total. The van der Waals surface area contributed by atoms with Crippen molar-refractivity contribution in [2.24, 2.45) is 0 Å². The first-order valence-electron chi connectivity index (χ1n) is 9.19. The van der Waals surface area contributed by atoms with Crippen molar-refractivity contribution < 1.29 is 34.4 Å². The van der Waals surface area contributed by atoms with Gasteiger partial charge in [-0.15, -0.1) is 0 Å². The van der Waals surface area contributed by atoms with Crippen LogP contribution in [0.15, 0.2) is 53.8 Å². The van der Waals surface area contributed by atoms with Crippen LogP contribution in [-0.4, -0.2) is 40.0 Å². The molecule has 156 valence electrons. The van der Waals surface area contributed by atoms with Gasteiger partial charge >= 0.3 is 11.9 Å². The maximum Gasteiger partial charge on any atom is 0.375 e. The zero-order valence-corrected chi connectivity index (χ0v) is 16.8. The third-order valence-corrected chi connectivity index (χ3v) is 4.76. The number of ether oxygens (including phenoxy) is 2. The minimum Gasteiger partial charge on any atom is -0.508 e. The SMILES string of the molecule is COC(=O)C1(Cc2ccc(O)c(C=C(C)C)c2)OC(=O)C(O)=C1c1ccc(O)cc1. The summed E-state index contributed by atoms with van der Waals surface area (Å²) >= 11 is 0. The molecule has 1 unspecified atom stereocenters. The number of aliphatic hydroxyl groups excluding tert-OH is 1. The van der Waals surface area contributed by atoms with Crippen molar-refractivity contribution in [1.29, 1.82) is 0 Å². The van der Waals surface area contributed by atoms with Gasteiger partial charge in [-0.05, 0) is 49.2 Å². The fraction of sp³-hybridized carbons (Fsp3) is 0.217. The predicted molar refractivity (Wildman–Crippen MR) is 110 cm³/mol. The predicted octanol–water partition coefficient (Wildman–Crippen LogP) is 3.50. The fourth-order valence-electron chi connectivity index (χ4n) is 3.48. The lowest BCUT2D eigenvalue weighted by molar-refractivity contribution is -0.169. The molecule has 2 aromatic carbocycles. The zero-order valence-electron chi connectivity index (χ0n) is 16.8. The number of carbonyl (C=O) groups excluding carboxylic acids is 2. The van der Waals surface area contributed by atoms with Crippen LogP contribution in [0.4, 0.5) is 0 Å². The number of aromatic hydroxyl groups is 2. The second-order valence-electron chi connectivity index (χ2n) is 7.27. The van der Waals surface area contributed by atoms with Crippen molar-refractivity contribution in [3.8, 4) is 11.5 Å². The Morgan fingerprint density at radius 1 is 1.10 bits per heavy atom. The normalized spacial score (nSPS) is 18.2. The van der Waals surface area contributed by atoms with E-state index in [9.17, 15) is 24.9 Å². The van der Waals surface area contributed by atoms with Crippen LogP contribution in [0.1, 0.15) is 30.5 Å². The fourth-order valence-corrected chi connectivity index (χ4v) is 3.48. The van der Waals surface area contributed by atoms with E-state index in [1.807, 2.05) is 13.8 Å². The molecule has 0 aromatic heterocycles. The molecule has 0 bridgehead atoms. The summed E-state index contributed by atoms with van der Waals surface area (Å²) < 4.78 is 10.3. The van der Waals surface area contributed by atoms with E-state index < -0.39 is 23.3 Å². The van der Waals surface area contributed by atoms with Crippen molar-refractivity contribution >= 4 is 23.6 Å². The van der Waals surface area contributed by atoms with E-state index in [-0.39, 0.29) is 23.5 Å². The lowest BCUT2D eigenvalue weighted by atomic mass is 9.83. The molecule has 1 aliphatic rings. The number of aliphatic hydroxyl groups is 1. The summed E-state index contributed by atoms with van der Waals surface area (Å²) in [5.41, 5.74) is 0.424. The summed E-state index contributed by atoms with van der Waals surface area (Å²) in [4.78, 5) is 25.1. The Balaban J connectivity index is 2.16. The van der Waals surface area contributed by atoms with Crippen molar-refractivity contribution in [3.05, 3.63) is 70.5 Å². The van der Waals surface area contributed by atoms with E-state index in [0.29, 0.717) is 16.7 Å². The van der Waals surface area contributed by atoms with E-state index in [2.05, 4.69) is 0 Å². The average Bonchev–Trinajstić information content (AvgIpc) is 2.95. The Hall–Kier alpha value is -3.74. The van der Waals surface area contributed by atoms with Gasteiger partial charge in [0.05, 0.1) is 12.7 Å². The maximum atomic E-state index is 12.9. The molecule has 0 fully saturated rings. The summed E-state index contributed by atoms with van der Waals surface area (Å²) in [5, 5.41) is 30.1. The zero-order chi connectivity index (χ0) is 22.1. The highest BCUT2D eigenvalue weighted by Crippen LogP contribution is 2.43. The van der Waals surface area contributed by atoms with Gasteiger partial charge in [-0.2, -0.15) is 0 Å². The van der Waals surface area contributed by atoms with Crippen LogP contribution in [0, 0.1) is 0 Å². The maximum absolute atomic E-state index is 12.9. The first kappa shape index (κ1) is 21.0. The lowest BCUT2D eigenvalue weighted by Crippen LogP contribution is -2.44. The topological polar surface area (TPSA) is 113 Å². The van der Waals surface area contributed by atoms with Gasteiger partial charge in [0.1, 0.15) is 11.5 Å². The molecule has 1 heterocycles. The monoisotopic (exact) mass is 410 g/mol. The molecule has 3 N–H and O–H groups in total. The van der Waals surface area contributed by atoms with Crippen LogP contribution >= 0.6 is 0 Å². The lowest BCUT2D eigenvalue weighted by Gasteiger charge is -2.28. The molecule has 30 heavy (non-hydrogen) atoms. The smallest absolute Gasteiger partial charge is 0.375 e. The summed E-state index contributed by atoms with van der Waals surface area (Å²) in [5.74, 6) is -2.56. The average molecular weight is 410 g/mol. The van der Waals surface area contributed by atoms with Gasteiger partial charge in [-0.3, -0.25) is 0 Å². The first-order valence-corrected chi connectivity index (χ1v) is 9.19. The van der Waals surface area contributed by atoms with E-state index in [4.69, 9.17) is 9.47 Å². The van der Waals surface area contributed by atoms with Gasteiger partial charge in [0.15, 0.2) is 0 Å². The van der Waals surface area contributed by atoms with Crippen molar-refractivity contribution in [3.63, 3.8) is 0 Å². The minimum absolute atomic E-state index is 0.0161. The van der Waals surface area contributed by atoms with Gasteiger partial charge in [0, 0.05) is 12.0 Å². The van der Waals surface area contributed by atoms with Crippen LogP contribution in [0.5, 0.6) is 11.5 Å². The standard InChI is InChI=1S/C23H22O7/c1-13(2)10-16-11-14(4-9-18(16)25)12-23(22(28)29-3)19(20(26)21(27)30-23)15-5-7-17(24)8-6-15/h4-11,24-26H,12H2,1-3H3. The van der Waals surface area contributed by atoms with Crippen LogP contribution in [-0.2, 0) is 25.5 Å². The van der Waals surface area contributed by atoms with Crippen molar-refractivity contribution in [2.45, 2.75) is 25.9 Å². The largest absolute Gasteiger partial charge is 0.508 e. The molecule has 1 atom stereocenters. The second kappa shape index (κ2) is 7.94. The van der Waals surface area contributed by atoms with Gasteiger partial charge < -0.3 is 24.8 Å². The number of carbonyl (C=O) groups is 2. The van der Waals surface area contributed by atoms with Gasteiger partial charge in [-0.1, -0.05) is 29.8 Å². The summed E-state index contributed by atoms with van der Waals surface area (Å²) in [7, 11) is 1.16. The Kier molecular flexibility index (Phi) is 5.56. The molecular weight excluding hydrogens is 388 g/mol.